The number of fused-ring (bicyclic) bond motifs is 1. The maximum Gasteiger partial charge on any atom is 0.0666 e. The van der Waals surface area contributed by atoms with Crippen molar-refractivity contribution in [2.75, 3.05) is 20.6 Å². The van der Waals surface area contributed by atoms with E-state index >= 15 is 0 Å². The lowest BCUT2D eigenvalue weighted by atomic mass is 10.1. The van der Waals surface area contributed by atoms with Crippen LogP contribution in [0.15, 0.2) is 42.9 Å². The quantitative estimate of drug-likeness (QED) is 0.492. The Kier molecular flexibility index (Phi) is 5.83. The topological polar surface area (TPSA) is 38.0 Å². The maximum atomic E-state index is 4.36. The third-order valence-electron chi connectivity index (χ3n) is 4.02. The molecule has 134 valence electrons. The highest BCUT2D eigenvalue weighted by Crippen LogP contribution is 2.25. The minimum atomic E-state index is 0.610. The van der Waals surface area contributed by atoms with Crippen LogP contribution < -0.4 is 4.72 Å². The Balaban J connectivity index is 1.89. The second-order valence-electron chi connectivity index (χ2n) is 6.90. The molecule has 6 heteroatoms. The third-order valence-corrected chi connectivity index (χ3v) is 4.72. The number of benzene rings is 1. The summed E-state index contributed by atoms with van der Waals surface area (Å²) in [6, 6.07) is 8.59. The van der Waals surface area contributed by atoms with Gasteiger partial charge in [0.05, 0.1) is 11.2 Å². The molecule has 5 nitrogen and oxygen atoms in total. The molecule has 2 heterocycles. The summed E-state index contributed by atoms with van der Waals surface area (Å²) in [6.45, 7) is 6.50. The first-order chi connectivity index (χ1) is 12.0. The zero-order chi connectivity index (χ0) is 17.8. The van der Waals surface area contributed by atoms with E-state index in [1.807, 2.05) is 37.2 Å². The zero-order valence-corrected chi connectivity index (χ0v) is 16.3. The van der Waals surface area contributed by atoms with Gasteiger partial charge in [0.25, 0.3) is 0 Å². The largest absolute Gasteiger partial charge is 0.347 e. The minimum absolute atomic E-state index is 0.610. The van der Waals surface area contributed by atoms with Crippen LogP contribution in [0.2, 0.25) is 0 Å². The van der Waals surface area contributed by atoms with Gasteiger partial charge in [0.1, 0.15) is 0 Å². The van der Waals surface area contributed by atoms with Crippen molar-refractivity contribution in [3.05, 3.63) is 48.4 Å². The number of rotatable bonds is 8. The summed E-state index contributed by atoms with van der Waals surface area (Å²) in [6.07, 6.45) is 7.14. The Morgan fingerprint density at radius 3 is 2.80 bits per heavy atom. The van der Waals surface area contributed by atoms with Crippen molar-refractivity contribution in [3.63, 3.8) is 0 Å². The van der Waals surface area contributed by atoms with Crippen LogP contribution in [0.25, 0.3) is 16.6 Å². The zero-order valence-electron chi connectivity index (χ0n) is 15.4. The Labute approximate surface area is 154 Å². The van der Waals surface area contributed by atoms with Crippen LogP contribution in [0.3, 0.4) is 0 Å². The third kappa shape index (κ3) is 4.45. The molecule has 0 saturated heterocycles. The molecule has 1 N–H and O–H groups in total. The highest BCUT2D eigenvalue weighted by molar-refractivity contribution is 7.95. The average Bonchev–Trinajstić information content (AvgIpc) is 3.19. The Hall–Kier alpha value is -1.76. The Bertz CT molecular complexity index is 805. The smallest absolute Gasteiger partial charge is 0.0666 e. The number of aromatic nitrogens is 3. The summed E-state index contributed by atoms with van der Waals surface area (Å²) in [5.41, 5.74) is 3.79. The van der Waals surface area contributed by atoms with E-state index in [0.29, 0.717) is 5.92 Å². The van der Waals surface area contributed by atoms with Crippen molar-refractivity contribution in [2.45, 2.75) is 26.8 Å². The predicted molar refractivity (Wildman–Crippen MR) is 107 cm³/mol. The number of nitrogens with zero attached hydrogens (tertiary/aromatic N) is 4. The normalized spacial score (nSPS) is 11.9. The van der Waals surface area contributed by atoms with Crippen LogP contribution in [0.1, 0.15) is 19.4 Å². The standard InChI is InChI=1S/C19H27N5S/c1-15(2)13-23-14-16(8-10-21-25-22(3)4)18-7-6-17(12-19(18)23)24-11-5-9-20-24/h5-7,9,11-12,14-15,21H,8,10,13H2,1-4H3. The molecule has 0 radical (unpaired) electrons. The first-order valence-corrected chi connectivity index (χ1v) is 9.51. The summed E-state index contributed by atoms with van der Waals surface area (Å²) in [5.74, 6) is 0.610. The molecule has 0 saturated carbocycles. The molecule has 0 fully saturated rings. The van der Waals surface area contributed by atoms with Gasteiger partial charge in [0.15, 0.2) is 0 Å². The lowest BCUT2D eigenvalue weighted by Gasteiger charge is -2.09. The van der Waals surface area contributed by atoms with Crippen LogP contribution >= 0.6 is 12.1 Å². The minimum Gasteiger partial charge on any atom is -0.347 e. The molecule has 1 aromatic carbocycles. The average molecular weight is 358 g/mol. The van der Waals surface area contributed by atoms with E-state index in [2.05, 4.69) is 56.9 Å². The van der Waals surface area contributed by atoms with Gasteiger partial charge in [-0.05, 0) is 50.2 Å². The first-order valence-electron chi connectivity index (χ1n) is 8.73. The van der Waals surface area contributed by atoms with E-state index in [4.69, 9.17) is 0 Å². The van der Waals surface area contributed by atoms with Gasteiger partial charge in [-0.2, -0.15) is 5.10 Å². The van der Waals surface area contributed by atoms with Gasteiger partial charge in [-0.3, -0.25) is 4.72 Å². The fourth-order valence-corrected chi connectivity index (χ4v) is 3.48. The number of hydrogen-bond acceptors (Lipinski definition) is 4. The van der Waals surface area contributed by atoms with E-state index in [1.54, 1.807) is 12.1 Å². The van der Waals surface area contributed by atoms with E-state index in [0.717, 1.165) is 25.2 Å². The lowest BCUT2D eigenvalue weighted by molar-refractivity contribution is 0.534. The first kappa shape index (κ1) is 18.0. The molecule has 0 spiro atoms. The second kappa shape index (κ2) is 8.08. The number of hydrogen-bond donors (Lipinski definition) is 1. The van der Waals surface area contributed by atoms with E-state index in [1.165, 1.54) is 16.5 Å². The van der Waals surface area contributed by atoms with Gasteiger partial charge >= 0.3 is 0 Å². The van der Waals surface area contributed by atoms with Gasteiger partial charge in [0.2, 0.25) is 0 Å². The molecule has 0 amide bonds. The van der Waals surface area contributed by atoms with Gasteiger partial charge in [-0.25, -0.2) is 8.99 Å². The molecule has 0 unspecified atom stereocenters. The molecule has 0 aliphatic heterocycles. The van der Waals surface area contributed by atoms with Crippen molar-refractivity contribution in [1.29, 1.82) is 0 Å². The Morgan fingerprint density at radius 2 is 2.12 bits per heavy atom. The van der Waals surface area contributed by atoms with Crippen molar-refractivity contribution in [3.8, 4) is 5.69 Å². The van der Waals surface area contributed by atoms with Crippen LogP contribution in [0.4, 0.5) is 0 Å². The molecule has 3 rings (SSSR count). The molecule has 0 aliphatic rings. The summed E-state index contributed by atoms with van der Waals surface area (Å²) in [4.78, 5) is 0. The van der Waals surface area contributed by atoms with Crippen molar-refractivity contribution in [2.24, 2.45) is 5.92 Å². The SMILES string of the molecule is CC(C)Cn1cc(CCNSN(C)C)c2ccc(-n3cccn3)cc21. The van der Waals surface area contributed by atoms with Crippen molar-refractivity contribution >= 4 is 23.0 Å². The monoisotopic (exact) mass is 357 g/mol. The fourth-order valence-electron chi connectivity index (χ4n) is 3.02. The molecular weight excluding hydrogens is 330 g/mol. The summed E-state index contributed by atoms with van der Waals surface area (Å²) in [5, 5.41) is 5.70. The molecule has 3 aromatic rings. The molecule has 25 heavy (non-hydrogen) atoms. The predicted octanol–water partition coefficient (Wildman–Crippen LogP) is 3.74. The van der Waals surface area contributed by atoms with Crippen molar-refractivity contribution in [1.82, 2.24) is 23.4 Å². The van der Waals surface area contributed by atoms with Crippen LogP contribution in [0, 0.1) is 5.92 Å². The van der Waals surface area contributed by atoms with Crippen molar-refractivity contribution < 1.29 is 0 Å². The summed E-state index contributed by atoms with van der Waals surface area (Å²) in [7, 11) is 4.09. The molecule has 0 aliphatic carbocycles. The van der Waals surface area contributed by atoms with Gasteiger partial charge in [0, 0.05) is 49.2 Å². The van der Waals surface area contributed by atoms with Crippen LogP contribution in [-0.2, 0) is 13.0 Å². The van der Waals surface area contributed by atoms with Gasteiger partial charge < -0.3 is 4.57 Å². The maximum absolute atomic E-state index is 4.36. The van der Waals surface area contributed by atoms with E-state index in [9.17, 15) is 0 Å². The lowest BCUT2D eigenvalue weighted by Crippen LogP contribution is -2.15. The van der Waals surface area contributed by atoms with E-state index < -0.39 is 0 Å². The van der Waals surface area contributed by atoms with Crippen LogP contribution in [0.5, 0.6) is 0 Å². The van der Waals surface area contributed by atoms with Crippen LogP contribution in [-0.4, -0.2) is 39.3 Å². The summed E-state index contributed by atoms with van der Waals surface area (Å²) >= 11 is 1.64. The Morgan fingerprint density at radius 1 is 1.28 bits per heavy atom. The number of nitrogens with one attached hydrogen (secondary N) is 1. The van der Waals surface area contributed by atoms with Gasteiger partial charge in [-0.15, -0.1) is 0 Å². The molecular formula is C19H27N5S. The molecule has 2 aromatic heterocycles. The molecule has 0 atom stereocenters. The van der Waals surface area contributed by atoms with Gasteiger partial charge in [-0.1, -0.05) is 19.9 Å². The highest BCUT2D eigenvalue weighted by atomic mass is 32.2. The van der Waals surface area contributed by atoms with E-state index in [-0.39, 0.29) is 0 Å². The fraction of sp³-hybridized carbons (Fsp3) is 0.421. The molecule has 0 bridgehead atoms. The summed E-state index contributed by atoms with van der Waals surface area (Å²) < 4.78 is 9.78. The second-order valence-corrected chi connectivity index (χ2v) is 8.10. The highest BCUT2D eigenvalue weighted by Gasteiger charge is 2.11.